The molecule has 144 valence electrons. The van der Waals surface area contributed by atoms with E-state index in [9.17, 15) is 8.42 Å². The third kappa shape index (κ3) is 3.33. The Bertz CT molecular complexity index is 1270. The molecule has 29 heavy (non-hydrogen) atoms. The average molecular weight is 419 g/mol. The van der Waals surface area contributed by atoms with Gasteiger partial charge in [-0.1, -0.05) is 72.4 Å². The van der Waals surface area contributed by atoms with Gasteiger partial charge in [-0.3, -0.25) is 0 Å². The summed E-state index contributed by atoms with van der Waals surface area (Å²) in [6.45, 7) is 0. The van der Waals surface area contributed by atoms with Crippen molar-refractivity contribution in [1.82, 2.24) is 9.71 Å². The van der Waals surface area contributed by atoms with Gasteiger partial charge in [0.2, 0.25) is 10.0 Å². The van der Waals surface area contributed by atoms with Crippen molar-refractivity contribution in [3.05, 3.63) is 102 Å². The maximum Gasteiger partial charge on any atom is 0.241 e. The lowest BCUT2D eigenvalue weighted by molar-refractivity contribution is 0.557. The summed E-state index contributed by atoms with van der Waals surface area (Å²) in [5, 5.41) is 3.01. The number of aromatic nitrogens is 1. The lowest BCUT2D eigenvalue weighted by atomic mass is 10.1. The molecule has 4 aromatic rings. The van der Waals surface area contributed by atoms with Crippen LogP contribution in [0.3, 0.4) is 0 Å². The Morgan fingerprint density at radius 3 is 2.24 bits per heavy atom. The fourth-order valence-corrected chi connectivity index (χ4v) is 6.43. The summed E-state index contributed by atoms with van der Waals surface area (Å²) < 4.78 is 29.2. The van der Waals surface area contributed by atoms with Gasteiger partial charge in [0.05, 0.1) is 21.2 Å². The number of rotatable bonds is 5. The van der Waals surface area contributed by atoms with Crippen LogP contribution in [0.4, 0.5) is 0 Å². The minimum Gasteiger partial charge on any atom is -0.250 e. The maximum absolute atomic E-state index is 13.1. The molecule has 1 aliphatic carbocycles. The minimum atomic E-state index is -3.67. The second-order valence-electron chi connectivity index (χ2n) is 6.91. The van der Waals surface area contributed by atoms with Crippen LogP contribution >= 0.6 is 11.8 Å². The zero-order valence-electron chi connectivity index (χ0n) is 15.4. The van der Waals surface area contributed by atoms with E-state index in [0.29, 0.717) is 0 Å². The van der Waals surface area contributed by atoms with Gasteiger partial charge in [0.1, 0.15) is 0 Å². The van der Waals surface area contributed by atoms with E-state index in [-0.39, 0.29) is 16.2 Å². The third-order valence-electron chi connectivity index (χ3n) is 5.13. The Morgan fingerprint density at radius 1 is 0.793 bits per heavy atom. The van der Waals surface area contributed by atoms with E-state index in [2.05, 4.69) is 27.9 Å². The van der Waals surface area contributed by atoms with Crippen molar-refractivity contribution < 1.29 is 8.42 Å². The predicted molar refractivity (Wildman–Crippen MR) is 116 cm³/mol. The van der Waals surface area contributed by atoms with E-state index in [0.717, 1.165) is 26.9 Å². The first-order chi connectivity index (χ1) is 14.1. The molecule has 0 fully saturated rings. The number of pyridine rings is 1. The number of benzene rings is 3. The first-order valence-electron chi connectivity index (χ1n) is 9.30. The van der Waals surface area contributed by atoms with Crippen LogP contribution in [0.25, 0.3) is 10.8 Å². The zero-order valence-corrected chi connectivity index (χ0v) is 17.0. The van der Waals surface area contributed by atoms with E-state index < -0.39 is 10.0 Å². The topological polar surface area (TPSA) is 59.1 Å². The Balaban J connectivity index is 1.61. The van der Waals surface area contributed by atoms with E-state index in [4.69, 9.17) is 0 Å². The van der Waals surface area contributed by atoms with Crippen LogP contribution < -0.4 is 4.72 Å². The smallest absolute Gasteiger partial charge is 0.241 e. The standard InChI is InChI=1S/C23H18N2O2S2/c26-29(27,17-10-2-1-3-11-17)25-22-18-12-6-8-16-9-7-13-19(21(16)18)23(22)28-20-14-4-5-15-24-20/h1-15,22-23,25H. The molecule has 2 unspecified atom stereocenters. The van der Waals surface area contributed by atoms with Crippen LogP contribution in [-0.2, 0) is 10.0 Å². The Hall–Kier alpha value is -2.67. The normalized spacial score (nSPS) is 18.2. The molecule has 0 saturated heterocycles. The quantitative estimate of drug-likeness (QED) is 0.490. The molecule has 4 nitrogen and oxygen atoms in total. The highest BCUT2D eigenvalue weighted by Crippen LogP contribution is 2.53. The largest absolute Gasteiger partial charge is 0.250 e. The lowest BCUT2D eigenvalue weighted by Gasteiger charge is -2.22. The molecule has 1 aromatic heterocycles. The molecule has 2 atom stereocenters. The van der Waals surface area contributed by atoms with Crippen molar-refractivity contribution >= 4 is 32.6 Å². The molecule has 6 heteroatoms. The van der Waals surface area contributed by atoms with E-state index >= 15 is 0 Å². The van der Waals surface area contributed by atoms with Crippen LogP contribution in [-0.4, -0.2) is 13.4 Å². The molecule has 1 heterocycles. The third-order valence-corrected chi connectivity index (χ3v) is 7.85. The highest BCUT2D eigenvalue weighted by atomic mass is 32.2. The molecule has 1 aliphatic rings. The number of hydrogen-bond donors (Lipinski definition) is 1. The monoisotopic (exact) mass is 418 g/mol. The Kier molecular flexibility index (Phi) is 4.62. The molecule has 0 spiro atoms. The molecular formula is C23H18N2O2S2. The molecule has 0 saturated carbocycles. The van der Waals surface area contributed by atoms with Gasteiger partial charge in [0, 0.05) is 6.20 Å². The highest BCUT2D eigenvalue weighted by Gasteiger charge is 2.38. The van der Waals surface area contributed by atoms with E-state index in [1.165, 1.54) is 0 Å². The van der Waals surface area contributed by atoms with Crippen LogP contribution in [0.1, 0.15) is 22.4 Å². The molecule has 1 N–H and O–H groups in total. The molecule has 5 rings (SSSR count). The van der Waals surface area contributed by atoms with Crippen LogP contribution in [0, 0.1) is 0 Å². The van der Waals surface area contributed by atoms with Gasteiger partial charge in [-0.2, -0.15) is 0 Å². The number of nitrogens with zero attached hydrogens (tertiary/aromatic N) is 1. The van der Waals surface area contributed by atoms with Crippen molar-refractivity contribution in [3.63, 3.8) is 0 Å². The fraction of sp³-hybridized carbons (Fsp3) is 0.0870. The summed E-state index contributed by atoms with van der Waals surface area (Å²) in [7, 11) is -3.67. The van der Waals surface area contributed by atoms with Crippen molar-refractivity contribution in [3.8, 4) is 0 Å². The number of nitrogens with one attached hydrogen (secondary N) is 1. The van der Waals surface area contributed by atoms with Gasteiger partial charge in [-0.15, -0.1) is 0 Å². The highest BCUT2D eigenvalue weighted by molar-refractivity contribution is 7.99. The van der Waals surface area contributed by atoms with Crippen molar-refractivity contribution in [2.24, 2.45) is 0 Å². The van der Waals surface area contributed by atoms with E-state index in [1.54, 1.807) is 42.2 Å². The second-order valence-corrected chi connectivity index (χ2v) is 9.79. The number of thioether (sulfide) groups is 1. The zero-order chi connectivity index (χ0) is 19.8. The van der Waals surface area contributed by atoms with Gasteiger partial charge >= 0.3 is 0 Å². The Morgan fingerprint density at radius 2 is 1.52 bits per heavy atom. The Labute approximate surface area is 174 Å². The summed E-state index contributed by atoms with van der Waals surface area (Å²) in [5.74, 6) is 0. The van der Waals surface area contributed by atoms with Crippen molar-refractivity contribution in [1.29, 1.82) is 0 Å². The SMILES string of the molecule is O=S(=O)(NC1c2cccc3cccc(c23)C1Sc1ccccn1)c1ccccc1. The van der Waals surface area contributed by atoms with Crippen molar-refractivity contribution in [2.45, 2.75) is 21.2 Å². The van der Waals surface area contributed by atoms with Gasteiger partial charge in [0.25, 0.3) is 0 Å². The molecule has 0 amide bonds. The van der Waals surface area contributed by atoms with E-state index in [1.807, 2.05) is 42.5 Å². The van der Waals surface area contributed by atoms with Crippen LogP contribution in [0.2, 0.25) is 0 Å². The van der Waals surface area contributed by atoms with Crippen LogP contribution in [0.15, 0.2) is 101 Å². The number of hydrogen-bond acceptors (Lipinski definition) is 4. The second kappa shape index (κ2) is 7.30. The first-order valence-corrected chi connectivity index (χ1v) is 11.7. The summed E-state index contributed by atoms with van der Waals surface area (Å²) in [4.78, 5) is 4.71. The maximum atomic E-state index is 13.1. The number of sulfonamides is 1. The molecule has 0 bridgehead atoms. The van der Waals surface area contributed by atoms with Gasteiger partial charge in [-0.05, 0) is 46.2 Å². The molecule has 0 radical (unpaired) electrons. The molecule has 0 aliphatic heterocycles. The van der Waals surface area contributed by atoms with Gasteiger partial charge < -0.3 is 0 Å². The fourth-order valence-electron chi connectivity index (χ4n) is 3.88. The summed E-state index contributed by atoms with van der Waals surface area (Å²) >= 11 is 1.59. The average Bonchev–Trinajstić information content (AvgIpc) is 3.04. The summed E-state index contributed by atoms with van der Waals surface area (Å²) in [5.41, 5.74) is 2.14. The summed E-state index contributed by atoms with van der Waals surface area (Å²) in [6, 6.07) is 26.2. The first kappa shape index (κ1) is 18.4. The predicted octanol–water partition coefficient (Wildman–Crippen LogP) is 5.10. The van der Waals surface area contributed by atoms with Crippen LogP contribution in [0.5, 0.6) is 0 Å². The van der Waals surface area contributed by atoms with Gasteiger partial charge in [-0.25, -0.2) is 18.1 Å². The lowest BCUT2D eigenvalue weighted by Crippen LogP contribution is -2.30. The minimum absolute atomic E-state index is 0.107. The molecule has 3 aromatic carbocycles. The summed E-state index contributed by atoms with van der Waals surface area (Å²) in [6.07, 6.45) is 1.76. The molecular weight excluding hydrogens is 400 g/mol. The van der Waals surface area contributed by atoms with Gasteiger partial charge in [0.15, 0.2) is 0 Å². The van der Waals surface area contributed by atoms with Crippen molar-refractivity contribution in [2.75, 3.05) is 0 Å².